The van der Waals surface area contributed by atoms with Crippen LogP contribution in [0.1, 0.15) is 28.0 Å². The van der Waals surface area contributed by atoms with Crippen molar-refractivity contribution in [1.29, 1.82) is 0 Å². The molecule has 0 N–H and O–H groups in total. The van der Waals surface area contributed by atoms with Crippen LogP contribution in [0.2, 0.25) is 0 Å². The van der Waals surface area contributed by atoms with Crippen molar-refractivity contribution in [3.8, 4) is 0 Å². The molecule has 0 bridgehead atoms. The van der Waals surface area contributed by atoms with Crippen molar-refractivity contribution in [2.75, 3.05) is 38.2 Å². The second-order valence-electron chi connectivity index (χ2n) is 6.26. The maximum atomic E-state index is 13.0. The Morgan fingerprint density at radius 1 is 1.08 bits per heavy atom. The molecule has 1 fully saturated rings. The minimum absolute atomic E-state index is 0.0736. The summed E-state index contributed by atoms with van der Waals surface area (Å²) in [6.45, 7) is 5.43. The number of aryl methyl sites for hydroxylation is 1. The van der Waals surface area contributed by atoms with Crippen LogP contribution < -0.4 is 4.90 Å². The molecule has 1 saturated heterocycles. The Morgan fingerprint density at radius 2 is 1.92 bits per heavy atom. The van der Waals surface area contributed by atoms with Crippen LogP contribution in [0.4, 0.5) is 5.82 Å². The van der Waals surface area contributed by atoms with Crippen molar-refractivity contribution in [3.05, 3.63) is 53.2 Å². The zero-order valence-electron chi connectivity index (χ0n) is 14.8. The summed E-state index contributed by atoms with van der Waals surface area (Å²) >= 11 is 0. The lowest BCUT2D eigenvalue weighted by Crippen LogP contribution is -2.36. The van der Waals surface area contributed by atoms with Crippen molar-refractivity contribution in [2.24, 2.45) is 0 Å². The zero-order valence-corrected chi connectivity index (χ0v) is 14.8. The Hall–Kier alpha value is -2.47. The molecule has 6 heteroatoms. The predicted molar refractivity (Wildman–Crippen MR) is 96.7 cm³/mol. The summed E-state index contributed by atoms with van der Waals surface area (Å²) in [7, 11) is 1.65. The first-order chi connectivity index (χ1) is 12.2. The van der Waals surface area contributed by atoms with Crippen LogP contribution in [-0.4, -0.2) is 54.3 Å². The minimum Gasteiger partial charge on any atom is -0.380 e. The highest BCUT2D eigenvalue weighted by Crippen LogP contribution is 2.17. The number of rotatable bonds is 4. The van der Waals surface area contributed by atoms with Crippen LogP contribution in [-0.2, 0) is 11.3 Å². The first kappa shape index (κ1) is 17.4. The van der Waals surface area contributed by atoms with E-state index in [1.54, 1.807) is 7.11 Å². The van der Waals surface area contributed by atoms with E-state index in [2.05, 4.69) is 15.1 Å². The SMILES string of the molecule is COCc1ccccc1C(=O)N1CCCN(c2ccc(C)nn2)CC1. The van der Waals surface area contributed by atoms with Gasteiger partial charge in [0.15, 0.2) is 5.82 Å². The Morgan fingerprint density at radius 3 is 2.68 bits per heavy atom. The summed E-state index contributed by atoms with van der Waals surface area (Å²) in [4.78, 5) is 17.1. The van der Waals surface area contributed by atoms with E-state index in [4.69, 9.17) is 4.74 Å². The van der Waals surface area contributed by atoms with Crippen LogP contribution in [0.3, 0.4) is 0 Å². The molecule has 1 aromatic heterocycles. The van der Waals surface area contributed by atoms with Crippen molar-refractivity contribution in [2.45, 2.75) is 20.0 Å². The molecule has 0 spiro atoms. The Balaban J connectivity index is 1.70. The van der Waals surface area contributed by atoms with Crippen LogP contribution in [0.5, 0.6) is 0 Å². The lowest BCUT2D eigenvalue weighted by molar-refractivity contribution is 0.0762. The average molecular weight is 340 g/mol. The molecule has 6 nitrogen and oxygen atoms in total. The maximum absolute atomic E-state index is 13.0. The molecule has 0 saturated carbocycles. The molecule has 132 valence electrons. The molecule has 1 amide bonds. The molecule has 25 heavy (non-hydrogen) atoms. The minimum atomic E-state index is 0.0736. The van der Waals surface area contributed by atoms with Gasteiger partial charge in [0.2, 0.25) is 0 Å². The van der Waals surface area contributed by atoms with Crippen molar-refractivity contribution < 1.29 is 9.53 Å². The standard InChI is InChI=1S/C19H24N4O2/c1-15-8-9-18(21-20-15)22-10-5-11-23(13-12-22)19(24)17-7-4-3-6-16(17)14-25-2/h3-4,6-9H,5,10-14H2,1-2H3. The van der Waals surface area contributed by atoms with E-state index < -0.39 is 0 Å². The maximum Gasteiger partial charge on any atom is 0.254 e. The predicted octanol–water partition coefficient (Wildman–Crippen LogP) is 2.28. The van der Waals surface area contributed by atoms with Crippen LogP contribution in [0, 0.1) is 6.92 Å². The van der Waals surface area contributed by atoms with Gasteiger partial charge in [-0.1, -0.05) is 18.2 Å². The summed E-state index contributed by atoms with van der Waals surface area (Å²) < 4.78 is 5.22. The highest BCUT2D eigenvalue weighted by molar-refractivity contribution is 5.95. The van der Waals surface area contributed by atoms with Gasteiger partial charge in [-0.15, -0.1) is 5.10 Å². The summed E-state index contributed by atoms with van der Waals surface area (Å²) in [5.74, 6) is 0.948. The van der Waals surface area contributed by atoms with E-state index in [1.165, 1.54) is 0 Å². The van der Waals surface area contributed by atoms with Gasteiger partial charge < -0.3 is 14.5 Å². The molecule has 0 aliphatic carbocycles. The Bertz CT molecular complexity index is 718. The topological polar surface area (TPSA) is 58.6 Å². The van der Waals surface area contributed by atoms with Gasteiger partial charge in [-0.05, 0) is 37.1 Å². The van der Waals surface area contributed by atoms with Gasteiger partial charge in [-0.2, -0.15) is 5.10 Å². The van der Waals surface area contributed by atoms with Crippen LogP contribution >= 0.6 is 0 Å². The first-order valence-corrected chi connectivity index (χ1v) is 8.60. The fourth-order valence-corrected chi connectivity index (χ4v) is 3.09. The van der Waals surface area contributed by atoms with Crippen LogP contribution in [0.15, 0.2) is 36.4 Å². The van der Waals surface area contributed by atoms with E-state index in [9.17, 15) is 4.79 Å². The fourth-order valence-electron chi connectivity index (χ4n) is 3.09. The van der Waals surface area contributed by atoms with Crippen LogP contribution in [0.25, 0.3) is 0 Å². The Kier molecular flexibility index (Phi) is 5.60. The monoisotopic (exact) mass is 340 g/mol. The number of carbonyl (C=O) groups is 1. The summed E-state index contributed by atoms with van der Waals surface area (Å²) in [6, 6.07) is 11.6. The number of ether oxygens (including phenoxy) is 1. The summed E-state index contributed by atoms with van der Waals surface area (Å²) in [5, 5.41) is 8.40. The lowest BCUT2D eigenvalue weighted by atomic mass is 10.1. The van der Waals surface area contributed by atoms with Crippen molar-refractivity contribution in [1.82, 2.24) is 15.1 Å². The van der Waals surface area contributed by atoms with Gasteiger partial charge in [-0.3, -0.25) is 4.79 Å². The molecule has 0 unspecified atom stereocenters. The molecule has 0 atom stereocenters. The highest BCUT2D eigenvalue weighted by Gasteiger charge is 2.22. The quantitative estimate of drug-likeness (QED) is 0.855. The largest absolute Gasteiger partial charge is 0.380 e. The number of hydrogen-bond donors (Lipinski definition) is 0. The van der Waals surface area contributed by atoms with E-state index in [0.29, 0.717) is 13.2 Å². The number of methoxy groups -OCH3 is 1. The van der Waals surface area contributed by atoms with E-state index in [-0.39, 0.29) is 5.91 Å². The number of benzene rings is 1. The lowest BCUT2D eigenvalue weighted by Gasteiger charge is -2.23. The van der Waals surface area contributed by atoms with E-state index >= 15 is 0 Å². The molecule has 2 heterocycles. The van der Waals surface area contributed by atoms with Gasteiger partial charge >= 0.3 is 0 Å². The van der Waals surface area contributed by atoms with Crippen molar-refractivity contribution in [3.63, 3.8) is 0 Å². The van der Waals surface area contributed by atoms with E-state index in [1.807, 2.05) is 48.2 Å². The van der Waals surface area contributed by atoms with E-state index in [0.717, 1.165) is 48.7 Å². The van der Waals surface area contributed by atoms with Gasteiger partial charge in [0.05, 0.1) is 12.3 Å². The van der Waals surface area contributed by atoms with Crippen molar-refractivity contribution >= 4 is 11.7 Å². The fraction of sp³-hybridized carbons (Fsp3) is 0.421. The average Bonchev–Trinajstić information content (AvgIpc) is 2.89. The van der Waals surface area contributed by atoms with Gasteiger partial charge in [0.25, 0.3) is 5.91 Å². The van der Waals surface area contributed by atoms with Gasteiger partial charge in [0.1, 0.15) is 0 Å². The number of amides is 1. The number of nitrogens with zero attached hydrogens (tertiary/aromatic N) is 4. The molecule has 0 radical (unpaired) electrons. The molecular formula is C19H24N4O2. The van der Waals surface area contributed by atoms with Gasteiger partial charge in [-0.25, -0.2) is 0 Å². The second kappa shape index (κ2) is 8.07. The summed E-state index contributed by atoms with van der Waals surface area (Å²) in [5.41, 5.74) is 2.57. The molecule has 1 aliphatic rings. The molecule has 2 aromatic rings. The molecule has 1 aliphatic heterocycles. The molecule has 3 rings (SSSR count). The normalized spacial score (nSPS) is 15.1. The second-order valence-corrected chi connectivity index (χ2v) is 6.26. The smallest absolute Gasteiger partial charge is 0.254 e. The number of aromatic nitrogens is 2. The highest BCUT2D eigenvalue weighted by atomic mass is 16.5. The number of hydrogen-bond acceptors (Lipinski definition) is 5. The zero-order chi connectivity index (χ0) is 17.6. The molecule has 1 aromatic carbocycles. The third-order valence-corrected chi connectivity index (χ3v) is 4.44. The number of anilines is 1. The molecular weight excluding hydrogens is 316 g/mol. The third kappa shape index (κ3) is 4.14. The first-order valence-electron chi connectivity index (χ1n) is 8.60. The Labute approximate surface area is 148 Å². The summed E-state index contributed by atoms with van der Waals surface area (Å²) in [6.07, 6.45) is 0.910. The number of carbonyl (C=O) groups excluding carboxylic acids is 1. The van der Waals surface area contributed by atoms with Gasteiger partial charge in [0, 0.05) is 38.9 Å². The third-order valence-electron chi connectivity index (χ3n) is 4.44.